The van der Waals surface area contributed by atoms with Crippen LogP contribution in [0.1, 0.15) is 39.5 Å². The van der Waals surface area contributed by atoms with Crippen LogP contribution in [0.4, 0.5) is 0 Å². The zero-order valence-electron chi connectivity index (χ0n) is 10.6. The first-order valence-electron chi connectivity index (χ1n) is 6.14. The Balaban J connectivity index is 2.26. The Kier molecular flexibility index (Phi) is 5.33. The van der Waals surface area contributed by atoms with Crippen molar-refractivity contribution in [2.45, 2.75) is 45.6 Å². The molecule has 4 nitrogen and oxygen atoms in total. The summed E-state index contributed by atoms with van der Waals surface area (Å²) in [5, 5.41) is 2.87. The number of rotatable bonds is 5. The summed E-state index contributed by atoms with van der Waals surface area (Å²) in [6, 6.07) is 0. The van der Waals surface area contributed by atoms with Gasteiger partial charge in [-0.1, -0.05) is 12.2 Å². The third kappa shape index (κ3) is 4.24. The van der Waals surface area contributed by atoms with Crippen LogP contribution in [0.2, 0.25) is 0 Å². The minimum atomic E-state index is -0.775. The van der Waals surface area contributed by atoms with Gasteiger partial charge < -0.3 is 15.8 Å². The van der Waals surface area contributed by atoms with E-state index in [9.17, 15) is 4.79 Å². The molecule has 0 spiro atoms. The second-order valence-corrected chi connectivity index (χ2v) is 5.46. The van der Waals surface area contributed by atoms with Gasteiger partial charge in [-0.15, -0.1) is 0 Å². The SMILES string of the molecule is CC(C)(C(=O)NCCC1CCCCO1)C(N)=S. The van der Waals surface area contributed by atoms with E-state index in [0.717, 1.165) is 25.9 Å². The number of carbonyl (C=O) groups excluding carboxylic acids is 1. The van der Waals surface area contributed by atoms with Crippen LogP contribution < -0.4 is 11.1 Å². The van der Waals surface area contributed by atoms with Crippen LogP contribution in [-0.2, 0) is 9.53 Å². The van der Waals surface area contributed by atoms with Crippen LogP contribution in [-0.4, -0.2) is 30.2 Å². The van der Waals surface area contributed by atoms with Crippen molar-refractivity contribution in [3.05, 3.63) is 0 Å². The standard InChI is InChI=1S/C12H22N2O2S/c1-12(2,10(13)17)11(15)14-7-6-9-5-3-4-8-16-9/h9H,3-8H2,1-2H3,(H2,13,17)(H,14,15). The monoisotopic (exact) mass is 258 g/mol. The summed E-state index contributed by atoms with van der Waals surface area (Å²) in [4.78, 5) is 12.1. The fraction of sp³-hybridized carbons (Fsp3) is 0.833. The van der Waals surface area contributed by atoms with Crippen molar-refractivity contribution >= 4 is 23.1 Å². The Morgan fingerprint density at radius 2 is 2.24 bits per heavy atom. The van der Waals surface area contributed by atoms with Gasteiger partial charge in [-0.25, -0.2) is 0 Å². The van der Waals surface area contributed by atoms with Crippen molar-refractivity contribution in [3.63, 3.8) is 0 Å². The van der Waals surface area contributed by atoms with Crippen LogP contribution in [0.25, 0.3) is 0 Å². The van der Waals surface area contributed by atoms with Gasteiger partial charge in [0.2, 0.25) is 5.91 Å². The molecule has 98 valence electrons. The maximum absolute atomic E-state index is 11.8. The molecule has 5 heteroatoms. The largest absolute Gasteiger partial charge is 0.392 e. The molecule has 17 heavy (non-hydrogen) atoms. The molecule has 0 aromatic carbocycles. The molecule has 1 fully saturated rings. The lowest BCUT2D eigenvalue weighted by Crippen LogP contribution is -2.45. The Hall–Kier alpha value is -0.680. The molecule has 1 amide bonds. The summed E-state index contributed by atoms with van der Waals surface area (Å²) in [5.74, 6) is -0.110. The van der Waals surface area contributed by atoms with Gasteiger partial charge in [-0.2, -0.15) is 0 Å². The summed E-state index contributed by atoms with van der Waals surface area (Å²) in [7, 11) is 0. The van der Waals surface area contributed by atoms with E-state index in [4.69, 9.17) is 22.7 Å². The molecule has 1 aliphatic heterocycles. The number of amides is 1. The lowest BCUT2D eigenvalue weighted by molar-refractivity contribution is -0.126. The van der Waals surface area contributed by atoms with Gasteiger partial charge in [0.05, 0.1) is 16.5 Å². The van der Waals surface area contributed by atoms with Crippen molar-refractivity contribution in [2.75, 3.05) is 13.2 Å². The van der Waals surface area contributed by atoms with E-state index in [1.165, 1.54) is 6.42 Å². The quantitative estimate of drug-likeness (QED) is 0.731. The van der Waals surface area contributed by atoms with E-state index < -0.39 is 5.41 Å². The van der Waals surface area contributed by atoms with E-state index in [0.29, 0.717) is 6.54 Å². The fourth-order valence-corrected chi connectivity index (χ4v) is 1.81. The zero-order chi connectivity index (χ0) is 12.9. The molecular formula is C12H22N2O2S. The molecule has 0 aliphatic carbocycles. The second-order valence-electron chi connectivity index (χ2n) is 5.02. The third-order valence-electron chi connectivity index (χ3n) is 3.21. The normalized spacial score (nSPS) is 20.9. The third-order valence-corrected chi connectivity index (χ3v) is 3.72. The summed E-state index contributed by atoms with van der Waals surface area (Å²) in [6.07, 6.45) is 4.61. The van der Waals surface area contributed by atoms with Gasteiger partial charge in [0.15, 0.2) is 0 Å². The van der Waals surface area contributed by atoms with E-state index >= 15 is 0 Å². The number of nitrogens with two attached hydrogens (primary N) is 1. The van der Waals surface area contributed by atoms with Crippen LogP contribution in [0.5, 0.6) is 0 Å². The Morgan fingerprint density at radius 3 is 2.76 bits per heavy atom. The van der Waals surface area contributed by atoms with Crippen molar-refractivity contribution < 1.29 is 9.53 Å². The molecule has 0 saturated carbocycles. The summed E-state index contributed by atoms with van der Waals surface area (Å²) in [5.41, 5.74) is 4.76. The van der Waals surface area contributed by atoms with E-state index in [1.807, 2.05) is 0 Å². The number of thiocarbonyl (C=S) groups is 1. The molecule has 1 rings (SSSR count). The van der Waals surface area contributed by atoms with Crippen molar-refractivity contribution in [1.82, 2.24) is 5.32 Å². The lowest BCUT2D eigenvalue weighted by atomic mass is 9.92. The molecule has 3 N–H and O–H groups in total. The van der Waals surface area contributed by atoms with Gasteiger partial charge in [0.1, 0.15) is 0 Å². The van der Waals surface area contributed by atoms with Gasteiger partial charge in [-0.3, -0.25) is 4.79 Å². The van der Waals surface area contributed by atoms with Crippen molar-refractivity contribution in [3.8, 4) is 0 Å². The number of hydrogen-bond donors (Lipinski definition) is 2. The highest BCUT2D eigenvalue weighted by Gasteiger charge is 2.30. The number of carbonyl (C=O) groups is 1. The molecule has 0 aromatic heterocycles. The van der Waals surface area contributed by atoms with Crippen molar-refractivity contribution in [2.24, 2.45) is 11.1 Å². The smallest absolute Gasteiger partial charge is 0.232 e. The highest BCUT2D eigenvalue weighted by molar-refractivity contribution is 7.80. The molecule has 0 radical (unpaired) electrons. The minimum Gasteiger partial charge on any atom is -0.392 e. The van der Waals surface area contributed by atoms with Gasteiger partial charge in [0.25, 0.3) is 0 Å². The molecular weight excluding hydrogens is 236 g/mol. The molecule has 1 heterocycles. The molecule has 1 aliphatic rings. The predicted octanol–water partition coefficient (Wildman–Crippen LogP) is 1.37. The molecule has 1 saturated heterocycles. The van der Waals surface area contributed by atoms with Crippen LogP contribution in [0.15, 0.2) is 0 Å². The first kappa shape index (κ1) is 14.4. The summed E-state index contributed by atoms with van der Waals surface area (Å²) < 4.78 is 5.59. The fourth-order valence-electron chi connectivity index (χ4n) is 1.71. The van der Waals surface area contributed by atoms with E-state index in [-0.39, 0.29) is 17.0 Å². The average Bonchev–Trinajstić information content (AvgIpc) is 2.30. The Morgan fingerprint density at radius 1 is 1.53 bits per heavy atom. The minimum absolute atomic E-state index is 0.110. The van der Waals surface area contributed by atoms with Gasteiger partial charge in [0, 0.05) is 13.2 Å². The number of hydrogen-bond acceptors (Lipinski definition) is 3. The Labute approximate surface area is 108 Å². The predicted molar refractivity (Wildman–Crippen MR) is 71.8 cm³/mol. The zero-order valence-corrected chi connectivity index (χ0v) is 11.4. The summed E-state index contributed by atoms with van der Waals surface area (Å²) >= 11 is 4.88. The van der Waals surface area contributed by atoms with Crippen LogP contribution in [0.3, 0.4) is 0 Å². The first-order chi connectivity index (χ1) is 7.94. The topological polar surface area (TPSA) is 64.3 Å². The summed E-state index contributed by atoms with van der Waals surface area (Å²) in [6.45, 7) is 4.94. The van der Waals surface area contributed by atoms with Crippen molar-refractivity contribution in [1.29, 1.82) is 0 Å². The highest BCUT2D eigenvalue weighted by Crippen LogP contribution is 2.17. The first-order valence-corrected chi connectivity index (χ1v) is 6.55. The number of nitrogens with one attached hydrogen (secondary N) is 1. The molecule has 0 bridgehead atoms. The number of ether oxygens (including phenoxy) is 1. The lowest BCUT2D eigenvalue weighted by Gasteiger charge is -2.25. The maximum atomic E-state index is 11.8. The Bertz CT molecular complexity index is 286. The molecule has 0 aromatic rings. The van der Waals surface area contributed by atoms with E-state index in [2.05, 4.69) is 5.32 Å². The van der Waals surface area contributed by atoms with Crippen LogP contribution in [0, 0.1) is 5.41 Å². The highest BCUT2D eigenvalue weighted by atomic mass is 32.1. The van der Waals surface area contributed by atoms with Gasteiger partial charge >= 0.3 is 0 Å². The molecule has 1 atom stereocenters. The average molecular weight is 258 g/mol. The van der Waals surface area contributed by atoms with Crippen LogP contribution >= 0.6 is 12.2 Å². The maximum Gasteiger partial charge on any atom is 0.232 e. The van der Waals surface area contributed by atoms with E-state index in [1.54, 1.807) is 13.8 Å². The molecule has 1 unspecified atom stereocenters. The second kappa shape index (κ2) is 6.31. The van der Waals surface area contributed by atoms with Gasteiger partial charge in [-0.05, 0) is 39.5 Å².